The molecule has 0 spiro atoms. The summed E-state index contributed by atoms with van der Waals surface area (Å²) < 4.78 is 98.2. The maximum Gasteiger partial charge on any atom is 0.264 e. The molecule has 6 aromatic rings. The third kappa shape index (κ3) is 25.9. The van der Waals surface area contributed by atoms with Crippen molar-refractivity contribution in [1.82, 2.24) is 20.2 Å². The number of carbonyl (C=O) groups is 3. The first-order valence-corrected chi connectivity index (χ1v) is 37.9. The van der Waals surface area contributed by atoms with E-state index in [1.807, 2.05) is 54.0 Å². The molecule has 0 bridgehead atoms. The molecule has 1 aliphatic heterocycles. The first-order valence-electron chi connectivity index (χ1n) is 34.6. The SMILES string of the molecule is CCCn1c(NC(=O)c2cccc(C(N)=O)c2)nc2cc(/C=C/C(=O)NCCCOCCOCCOCCOCCOCCCNCc3ccc(C(C=CC4=[N+](CCCCS(=O)(=O)O)c5ccccc5C4(C)C)=CC=C(CC)N(CCCCS(=O)(=O)O)c4ccccc4CC)cc3)ccc21. The number of hydrogen-bond acceptors (Lipinski definition) is 15. The number of aromatic nitrogens is 2. The monoisotopic (exact) mass is 1410 g/mol. The fourth-order valence-corrected chi connectivity index (χ4v) is 12.9. The zero-order valence-corrected chi connectivity index (χ0v) is 60.1. The lowest BCUT2D eigenvalue weighted by Crippen LogP contribution is -2.28. The smallest absolute Gasteiger partial charge is 0.264 e. The summed E-state index contributed by atoms with van der Waals surface area (Å²) in [5.74, 6) is -1.49. The van der Waals surface area contributed by atoms with Crippen molar-refractivity contribution in [2.24, 2.45) is 5.73 Å². The molecule has 0 saturated heterocycles. The number of amides is 3. The summed E-state index contributed by atoms with van der Waals surface area (Å²) in [6.45, 7) is 18.9. The number of rotatable bonds is 47. The van der Waals surface area contributed by atoms with E-state index in [2.05, 4.69) is 131 Å². The van der Waals surface area contributed by atoms with Gasteiger partial charge >= 0.3 is 0 Å². The Labute approximate surface area is 590 Å². The predicted octanol–water partition coefficient (Wildman–Crippen LogP) is 11.3. The lowest BCUT2D eigenvalue weighted by Gasteiger charge is -2.29. The van der Waals surface area contributed by atoms with Crippen LogP contribution >= 0.6 is 0 Å². The van der Waals surface area contributed by atoms with E-state index < -0.39 is 32.1 Å². The van der Waals surface area contributed by atoms with Gasteiger partial charge in [-0.25, -0.2) is 4.98 Å². The van der Waals surface area contributed by atoms with Crippen LogP contribution in [-0.4, -0.2) is 167 Å². The number of para-hydroxylation sites is 2. The van der Waals surface area contributed by atoms with Gasteiger partial charge in [0.2, 0.25) is 23.5 Å². The third-order valence-corrected chi connectivity index (χ3v) is 18.5. The highest BCUT2D eigenvalue weighted by Gasteiger charge is 2.44. The Hall–Kier alpha value is -8.01. The van der Waals surface area contributed by atoms with E-state index in [4.69, 9.17) is 29.4 Å². The molecule has 0 atom stereocenters. The summed E-state index contributed by atoms with van der Waals surface area (Å²) in [6, 6.07) is 36.9. The molecule has 1 aromatic heterocycles. The zero-order valence-electron chi connectivity index (χ0n) is 58.5. The van der Waals surface area contributed by atoms with E-state index in [1.165, 1.54) is 23.3 Å². The summed E-state index contributed by atoms with van der Waals surface area (Å²) >= 11 is 0. The molecule has 7 rings (SSSR count). The Bertz CT molecular complexity index is 4030. The van der Waals surface area contributed by atoms with Crippen LogP contribution in [0.1, 0.15) is 135 Å². The molecule has 24 heteroatoms. The van der Waals surface area contributed by atoms with E-state index in [0.717, 1.165) is 76.4 Å². The van der Waals surface area contributed by atoms with Crippen LogP contribution in [0.5, 0.6) is 0 Å². The Balaban J connectivity index is 0.777. The van der Waals surface area contributed by atoms with Crippen molar-refractivity contribution in [3.63, 3.8) is 0 Å². The quantitative estimate of drug-likeness (QED) is 0.00680. The third-order valence-electron chi connectivity index (χ3n) is 16.9. The van der Waals surface area contributed by atoms with Gasteiger partial charge in [0.05, 0.1) is 80.8 Å². The largest absolute Gasteiger partial charge is 0.379 e. The van der Waals surface area contributed by atoms with Crippen LogP contribution in [0.2, 0.25) is 0 Å². The Kier molecular flexibility index (Phi) is 32.6. The van der Waals surface area contributed by atoms with Gasteiger partial charge in [-0.3, -0.25) is 28.8 Å². The maximum atomic E-state index is 13.1. The van der Waals surface area contributed by atoms with Crippen LogP contribution in [0.3, 0.4) is 0 Å². The number of hydrogen-bond donors (Lipinski definition) is 6. The average Bonchev–Trinajstić information content (AvgIpc) is 1.60. The number of benzene rings is 5. The van der Waals surface area contributed by atoms with Gasteiger partial charge in [-0.1, -0.05) is 99.6 Å². The summed E-state index contributed by atoms with van der Waals surface area (Å²) in [5.41, 5.74) is 17.5. The number of nitrogens with zero attached hydrogens (tertiary/aromatic N) is 4. The topological polar surface area (TPSA) is 292 Å². The van der Waals surface area contributed by atoms with Crippen LogP contribution in [0.15, 0.2) is 151 Å². The lowest BCUT2D eigenvalue weighted by molar-refractivity contribution is -0.438. The van der Waals surface area contributed by atoms with Gasteiger partial charge in [0.1, 0.15) is 6.54 Å². The second-order valence-electron chi connectivity index (χ2n) is 24.8. The molecule has 0 unspecified atom stereocenters. The summed E-state index contributed by atoms with van der Waals surface area (Å²) in [7, 11) is -8.17. The molecule has 540 valence electrons. The number of allylic oxidation sites excluding steroid dienone is 6. The number of nitrogens with one attached hydrogen (secondary N) is 3. The summed E-state index contributed by atoms with van der Waals surface area (Å²) in [4.78, 5) is 44.2. The fourth-order valence-electron chi connectivity index (χ4n) is 11.7. The van der Waals surface area contributed by atoms with E-state index in [-0.39, 0.29) is 34.0 Å². The van der Waals surface area contributed by atoms with Gasteiger partial charge in [-0.2, -0.15) is 21.4 Å². The molecule has 0 saturated carbocycles. The number of imidazole rings is 1. The normalized spacial score (nSPS) is 13.5. The molecular formula is C76H101N8O14S2+. The number of fused-ring (bicyclic) bond motifs is 2. The van der Waals surface area contributed by atoms with Crippen molar-refractivity contribution >= 4 is 83.7 Å². The van der Waals surface area contributed by atoms with E-state index >= 15 is 0 Å². The Morgan fingerprint density at radius 3 is 1.94 bits per heavy atom. The molecule has 3 amide bonds. The Morgan fingerprint density at radius 1 is 0.660 bits per heavy atom. The van der Waals surface area contributed by atoms with Gasteiger partial charge in [-0.05, 0) is 154 Å². The highest BCUT2D eigenvalue weighted by atomic mass is 32.2. The van der Waals surface area contributed by atoms with Crippen LogP contribution < -0.4 is 26.6 Å². The molecule has 100 heavy (non-hydrogen) atoms. The Morgan fingerprint density at radius 2 is 1.29 bits per heavy atom. The van der Waals surface area contributed by atoms with Crippen LogP contribution in [0, 0.1) is 0 Å². The van der Waals surface area contributed by atoms with Crippen molar-refractivity contribution in [3.05, 3.63) is 190 Å². The molecule has 22 nitrogen and oxygen atoms in total. The minimum absolute atomic E-state index is 0.235. The van der Waals surface area contributed by atoms with Crippen LogP contribution in [0.4, 0.5) is 17.3 Å². The molecule has 0 aliphatic carbocycles. The highest BCUT2D eigenvalue weighted by molar-refractivity contribution is 7.86. The molecular weight excluding hydrogens is 1310 g/mol. The van der Waals surface area contributed by atoms with Crippen molar-refractivity contribution in [3.8, 4) is 0 Å². The first-order chi connectivity index (χ1) is 48.2. The minimum atomic E-state index is -4.09. The average molecular weight is 1410 g/mol. The number of ether oxygens (including phenoxy) is 5. The summed E-state index contributed by atoms with van der Waals surface area (Å²) in [5, 5.41) is 9.28. The van der Waals surface area contributed by atoms with Crippen molar-refractivity contribution in [1.29, 1.82) is 0 Å². The highest BCUT2D eigenvalue weighted by Crippen LogP contribution is 2.40. The number of primary amides is 1. The molecule has 0 radical (unpaired) electrons. The first kappa shape index (κ1) is 79.3. The predicted molar refractivity (Wildman–Crippen MR) is 396 cm³/mol. The fraction of sp³-hybridized carbons (Fsp3) is 0.434. The molecule has 5 aromatic carbocycles. The van der Waals surface area contributed by atoms with Crippen molar-refractivity contribution < 1.29 is 68.6 Å². The van der Waals surface area contributed by atoms with Crippen molar-refractivity contribution in [2.45, 2.75) is 111 Å². The van der Waals surface area contributed by atoms with Crippen LogP contribution in [0.25, 0.3) is 22.7 Å². The van der Waals surface area contributed by atoms with E-state index in [1.54, 1.807) is 24.3 Å². The number of anilines is 2. The van der Waals surface area contributed by atoms with Gasteiger partial charge in [0.25, 0.3) is 26.1 Å². The molecule has 0 fully saturated rings. The molecule has 2 heterocycles. The van der Waals surface area contributed by atoms with Crippen molar-refractivity contribution in [2.75, 3.05) is 114 Å². The number of aryl methyl sites for hydroxylation is 2. The van der Waals surface area contributed by atoms with Gasteiger partial charge in [0.15, 0.2) is 5.71 Å². The maximum absolute atomic E-state index is 13.1. The molecule has 1 aliphatic rings. The number of nitrogens with two attached hydrogens (primary N) is 1. The second kappa shape index (κ2) is 41.0. The van der Waals surface area contributed by atoms with Crippen LogP contribution in [-0.2, 0) is 73.6 Å². The van der Waals surface area contributed by atoms with Gasteiger partial charge in [0, 0.05) is 92.1 Å². The zero-order chi connectivity index (χ0) is 71.8. The number of carbonyl (C=O) groups excluding carboxylic acids is 3. The van der Waals surface area contributed by atoms with Gasteiger partial charge < -0.3 is 49.5 Å². The summed E-state index contributed by atoms with van der Waals surface area (Å²) in [6.07, 6.45) is 17.3. The molecule has 7 N–H and O–H groups in total. The van der Waals surface area contributed by atoms with E-state index in [0.29, 0.717) is 149 Å². The second-order valence-corrected chi connectivity index (χ2v) is 27.9. The standard InChI is InChI=1S/C76H100N8O14S2/c1-6-40-84-70-35-28-58(55-67(70)80-75(84)81-74(87)64-22-17-21-63(56-64)73(77)86)29-37-72(85)79-39-19-44-95-46-48-97-50-52-98-51-49-96-47-45-94-43-18-38-78-57-59-26-30-61(31-27-59)62(32-34-65(8-3)82(41-13-15-53-99(88,89)90)68-24-11-9-20-60(68)7-2)33-36-71-76(4,5)66-23-10-12-25-69(66)83(71)42-14-16-54-100(91,92)93/h9-12,17,20-37,55-56,78H,6-8,13-16,18-19,38-54,57H2,1-5H3,(H5-,77,79,80,81,85,86,87,88,89,90,91,92,93)/p+1/b37-29+. The lowest BCUT2D eigenvalue weighted by atomic mass is 9.81. The number of unbranched alkanes of at least 4 members (excludes halogenated alkanes) is 2. The van der Waals surface area contributed by atoms with Gasteiger partial charge in [-0.15, -0.1) is 0 Å². The van der Waals surface area contributed by atoms with E-state index in [9.17, 15) is 40.3 Å². The minimum Gasteiger partial charge on any atom is -0.379 e.